The molecule has 6 nitrogen and oxygen atoms in total. The number of primary amides is 1. The lowest BCUT2D eigenvalue weighted by Gasteiger charge is -2.35. The number of thiol groups is 1. The van der Waals surface area contributed by atoms with E-state index in [0.717, 1.165) is 30.7 Å². The van der Waals surface area contributed by atoms with E-state index in [4.69, 9.17) is 19.9 Å². The Morgan fingerprint density at radius 2 is 1.60 bits per heavy atom. The molecule has 2 aliphatic carbocycles. The third-order valence-electron chi connectivity index (χ3n) is 8.69. The largest absolute Gasteiger partial charge is 0.478 e. The number of ether oxygens (including phenoxy) is 3. The summed E-state index contributed by atoms with van der Waals surface area (Å²) in [5, 5.41) is 2.92. The van der Waals surface area contributed by atoms with Crippen molar-refractivity contribution < 1.29 is 19.0 Å². The minimum atomic E-state index is -1.06. The summed E-state index contributed by atoms with van der Waals surface area (Å²) in [5.74, 6) is 0.179. The molecule has 0 radical (unpaired) electrons. The van der Waals surface area contributed by atoms with Gasteiger partial charge in [0.05, 0.1) is 13.2 Å². The van der Waals surface area contributed by atoms with Gasteiger partial charge in [-0.2, -0.15) is 12.6 Å². The SMILES string of the molecule is NC(=O)C(SC(CS)c1ccccc1)C1(CCCNC(OCC2c3ccccc3-c3ccccc32)=C2CCC2)OCCO1. The van der Waals surface area contributed by atoms with Gasteiger partial charge in [-0.3, -0.25) is 4.79 Å². The van der Waals surface area contributed by atoms with Crippen molar-refractivity contribution in [1.29, 1.82) is 0 Å². The lowest BCUT2D eigenvalue weighted by Crippen LogP contribution is -2.49. The smallest absolute Gasteiger partial charge is 0.236 e. The van der Waals surface area contributed by atoms with Crippen LogP contribution in [0.1, 0.15) is 60.0 Å². The number of benzene rings is 3. The number of allylic oxidation sites excluding steroid dienone is 1. The van der Waals surface area contributed by atoms with Gasteiger partial charge in [0.2, 0.25) is 5.91 Å². The standard InChI is InChI=1S/C35H40N2O4S2/c36-33(38)32(43-31(23-42)24-10-2-1-3-11-24)35(40-20-21-41-35)18-9-19-37-34(25-12-8-13-25)39-22-30-28-16-6-4-14-26(28)27-15-5-7-17-29(27)30/h1-7,10-11,14-17,30-32,37,42H,8-9,12-13,18-23H2,(H2,36,38). The summed E-state index contributed by atoms with van der Waals surface area (Å²) in [4.78, 5) is 12.8. The molecule has 2 atom stereocenters. The van der Waals surface area contributed by atoms with Gasteiger partial charge in [-0.1, -0.05) is 78.9 Å². The number of carbonyl (C=O) groups excluding carboxylic acids is 1. The van der Waals surface area contributed by atoms with Crippen LogP contribution in [-0.2, 0) is 19.0 Å². The average molecular weight is 617 g/mol. The topological polar surface area (TPSA) is 82.8 Å². The van der Waals surface area contributed by atoms with Crippen molar-refractivity contribution in [2.45, 2.75) is 54.3 Å². The first-order valence-electron chi connectivity index (χ1n) is 15.2. The van der Waals surface area contributed by atoms with Crippen LogP contribution in [-0.4, -0.2) is 49.1 Å². The van der Waals surface area contributed by atoms with Crippen LogP contribution < -0.4 is 11.1 Å². The van der Waals surface area contributed by atoms with Gasteiger partial charge in [0.15, 0.2) is 11.7 Å². The van der Waals surface area contributed by atoms with Crippen LogP contribution in [0.4, 0.5) is 0 Å². The molecule has 0 spiro atoms. The van der Waals surface area contributed by atoms with E-state index in [1.165, 1.54) is 46.0 Å². The van der Waals surface area contributed by atoms with Gasteiger partial charge in [-0.05, 0) is 59.1 Å². The molecule has 1 saturated carbocycles. The number of nitrogens with one attached hydrogen (secondary N) is 1. The van der Waals surface area contributed by atoms with Gasteiger partial charge >= 0.3 is 0 Å². The molecule has 3 N–H and O–H groups in total. The van der Waals surface area contributed by atoms with Crippen LogP contribution in [0.2, 0.25) is 0 Å². The summed E-state index contributed by atoms with van der Waals surface area (Å²) >= 11 is 6.07. The third-order valence-corrected chi connectivity index (χ3v) is 10.9. The summed E-state index contributed by atoms with van der Waals surface area (Å²) in [6.07, 6.45) is 4.58. The Balaban J connectivity index is 1.10. The van der Waals surface area contributed by atoms with Crippen LogP contribution in [0.15, 0.2) is 90.3 Å². The van der Waals surface area contributed by atoms with Gasteiger partial charge in [0.25, 0.3) is 0 Å². The first-order chi connectivity index (χ1) is 21.1. The van der Waals surface area contributed by atoms with Crippen molar-refractivity contribution >= 4 is 30.3 Å². The van der Waals surface area contributed by atoms with Gasteiger partial charge in [-0.15, -0.1) is 11.8 Å². The molecule has 6 rings (SSSR count). The molecule has 3 aliphatic rings. The van der Waals surface area contributed by atoms with Crippen molar-refractivity contribution in [2.75, 3.05) is 32.1 Å². The van der Waals surface area contributed by atoms with Crippen LogP contribution >= 0.6 is 24.4 Å². The number of thioether (sulfide) groups is 1. The van der Waals surface area contributed by atoms with Crippen molar-refractivity contribution in [3.63, 3.8) is 0 Å². The highest BCUT2D eigenvalue weighted by Gasteiger charge is 2.48. The molecule has 43 heavy (non-hydrogen) atoms. The molecule has 1 saturated heterocycles. The summed E-state index contributed by atoms with van der Waals surface area (Å²) < 4.78 is 18.9. The second-order valence-corrected chi connectivity index (χ2v) is 13.0. The highest BCUT2D eigenvalue weighted by Crippen LogP contribution is 2.45. The predicted octanol–water partition coefficient (Wildman–Crippen LogP) is 6.58. The number of hydrogen-bond donors (Lipinski definition) is 3. The summed E-state index contributed by atoms with van der Waals surface area (Å²) in [5.41, 5.74) is 13.7. The molecule has 2 unspecified atom stereocenters. The maximum absolute atomic E-state index is 12.8. The first kappa shape index (κ1) is 30.1. The van der Waals surface area contributed by atoms with Gasteiger partial charge in [0, 0.05) is 29.9 Å². The Kier molecular flexibility index (Phi) is 9.67. The van der Waals surface area contributed by atoms with E-state index in [9.17, 15) is 4.79 Å². The normalized spacial score (nSPS) is 18.3. The lowest BCUT2D eigenvalue weighted by molar-refractivity contribution is -0.168. The minimum absolute atomic E-state index is 0.0148. The van der Waals surface area contributed by atoms with Crippen molar-refractivity contribution in [2.24, 2.45) is 5.73 Å². The molecule has 3 aromatic carbocycles. The fraction of sp³-hybridized carbons (Fsp3) is 0.400. The summed E-state index contributed by atoms with van der Waals surface area (Å²) in [6, 6.07) is 27.4. The molecule has 1 aliphatic heterocycles. The number of hydrogen-bond acceptors (Lipinski definition) is 7. The van der Waals surface area contributed by atoms with Crippen LogP contribution in [0.25, 0.3) is 11.1 Å². The third kappa shape index (κ3) is 6.48. The molecular weight excluding hydrogens is 577 g/mol. The Hall–Kier alpha value is -2.91. The number of amides is 1. The lowest BCUT2D eigenvalue weighted by atomic mass is 9.92. The molecule has 1 heterocycles. The summed E-state index contributed by atoms with van der Waals surface area (Å²) in [6.45, 7) is 2.14. The molecule has 0 aromatic heterocycles. The van der Waals surface area contributed by atoms with E-state index in [0.29, 0.717) is 38.5 Å². The van der Waals surface area contributed by atoms with Crippen LogP contribution in [0, 0.1) is 0 Å². The molecular formula is C35H40N2O4S2. The van der Waals surface area contributed by atoms with Gasteiger partial charge in [-0.25, -0.2) is 0 Å². The summed E-state index contributed by atoms with van der Waals surface area (Å²) in [7, 11) is 0. The Bertz CT molecular complexity index is 1390. The van der Waals surface area contributed by atoms with Crippen molar-refractivity contribution in [3.05, 3.63) is 107 Å². The highest BCUT2D eigenvalue weighted by molar-refractivity contribution is 8.01. The zero-order valence-electron chi connectivity index (χ0n) is 24.4. The van der Waals surface area contributed by atoms with Crippen molar-refractivity contribution in [3.8, 4) is 11.1 Å². The second kappa shape index (κ2) is 13.8. The van der Waals surface area contributed by atoms with Crippen LogP contribution in [0.5, 0.6) is 0 Å². The zero-order valence-corrected chi connectivity index (χ0v) is 26.1. The van der Waals surface area contributed by atoms with E-state index in [1.807, 2.05) is 18.2 Å². The fourth-order valence-corrected chi connectivity index (χ4v) is 8.14. The molecule has 3 aromatic rings. The molecule has 1 amide bonds. The number of carbonyl (C=O) groups is 1. The van der Waals surface area contributed by atoms with E-state index in [1.54, 1.807) is 0 Å². The molecule has 2 fully saturated rings. The van der Waals surface area contributed by atoms with Crippen molar-refractivity contribution in [1.82, 2.24) is 5.32 Å². The molecule has 0 bridgehead atoms. The Morgan fingerprint density at radius 1 is 0.977 bits per heavy atom. The number of rotatable bonds is 14. The number of fused-ring (bicyclic) bond motifs is 3. The Labute approximate surface area is 264 Å². The van der Waals surface area contributed by atoms with E-state index in [-0.39, 0.29) is 11.2 Å². The maximum Gasteiger partial charge on any atom is 0.236 e. The van der Waals surface area contributed by atoms with Crippen LogP contribution in [0.3, 0.4) is 0 Å². The minimum Gasteiger partial charge on any atom is -0.478 e. The van der Waals surface area contributed by atoms with E-state index < -0.39 is 16.9 Å². The monoisotopic (exact) mass is 616 g/mol. The van der Waals surface area contributed by atoms with Gasteiger partial charge < -0.3 is 25.3 Å². The van der Waals surface area contributed by atoms with Gasteiger partial charge in [0.1, 0.15) is 11.9 Å². The van der Waals surface area contributed by atoms with E-state index in [2.05, 4.69) is 78.6 Å². The first-order valence-corrected chi connectivity index (χ1v) is 16.8. The molecule has 226 valence electrons. The average Bonchev–Trinajstić information content (AvgIpc) is 3.61. The Morgan fingerprint density at radius 3 is 2.19 bits per heavy atom. The maximum atomic E-state index is 12.8. The fourth-order valence-electron chi connectivity index (χ4n) is 6.35. The molecule has 8 heteroatoms. The quantitative estimate of drug-likeness (QED) is 0.108. The zero-order chi connectivity index (χ0) is 29.6. The highest BCUT2D eigenvalue weighted by atomic mass is 32.2. The predicted molar refractivity (Wildman–Crippen MR) is 176 cm³/mol. The second-order valence-electron chi connectivity index (χ2n) is 11.4. The van der Waals surface area contributed by atoms with E-state index >= 15 is 0 Å². The number of nitrogens with two attached hydrogens (primary N) is 1.